The second kappa shape index (κ2) is 8.36. The minimum Gasteiger partial charge on any atom is -0.496 e. The van der Waals surface area contributed by atoms with E-state index in [1.54, 1.807) is 25.3 Å². The molecule has 2 aromatic carbocycles. The number of nitrogens with zero attached hydrogens (tertiary/aromatic N) is 1. The van der Waals surface area contributed by atoms with Crippen molar-refractivity contribution in [2.24, 2.45) is 0 Å². The summed E-state index contributed by atoms with van der Waals surface area (Å²) in [6, 6.07) is 13.2. The number of hydrogen-bond acceptors (Lipinski definition) is 4. The molecule has 0 saturated carbocycles. The monoisotopic (exact) mass is 362 g/mol. The molecular weight excluding hydrogens is 336 g/mol. The minimum atomic E-state index is -3.49. The molecule has 136 valence electrons. The van der Waals surface area contributed by atoms with Crippen LogP contribution in [0, 0.1) is 6.92 Å². The quantitative estimate of drug-likeness (QED) is 0.734. The summed E-state index contributed by atoms with van der Waals surface area (Å²) in [5, 5.41) is 0. The van der Waals surface area contributed by atoms with Gasteiger partial charge in [-0.1, -0.05) is 12.1 Å². The van der Waals surface area contributed by atoms with E-state index in [0.717, 1.165) is 24.1 Å². The Morgan fingerprint density at radius 2 is 1.76 bits per heavy atom. The molecule has 0 aliphatic heterocycles. The highest BCUT2D eigenvalue weighted by molar-refractivity contribution is 7.89. The Morgan fingerprint density at radius 1 is 1.08 bits per heavy atom. The maximum atomic E-state index is 12.4. The predicted molar refractivity (Wildman–Crippen MR) is 102 cm³/mol. The van der Waals surface area contributed by atoms with Crippen molar-refractivity contribution in [3.8, 4) is 5.75 Å². The third kappa shape index (κ3) is 5.21. The third-order valence-electron chi connectivity index (χ3n) is 4.06. The number of aryl methyl sites for hydroxylation is 2. The number of hydrogen-bond donors (Lipinski definition) is 1. The van der Waals surface area contributed by atoms with Crippen LogP contribution < -0.4 is 14.4 Å². The van der Waals surface area contributed by atoms with Gasteiger partial charge < -0.3 is 9.64 Å². The zero-order valence-electron chi connectivity index (χ0n) is 15.2. The second-order valence-electron chi connectivity index (χ2n) is 6.19. The fourth-order valence-corrected chi connectivity index (χ4v) is 3.72. The van der Waals surface area contributed by atoms with Crippen LogP contribution in [0.4, 0.5) is 5.69 Å². The van der Waals surface area contributed by atoms with E-state index < -0.39 is 10.0 Å². The maximum absolute atomic E-state index is 12.4. The summed E-state index contributed by atoms with van der Waals surface area (Å²) >= 11 is 0. The van der Waals surface area contributed by atoms with Crippen LogP contribution in [0.5, 0.6) is 5.75 Å². The largest absolute Gasteiger partial charge is 0.496 e. The van der Waals surface area contributed by atoms with E-state index in [-0.39, 0.29) is 4.90 Å². The van der Waals surface area contributed by atoms with Gasteiger partial charge in [-0.2, -0.15) is 0 Å². The molecule has 0 heterocycles. The Balaban J connectivity index is 1.89. The molecular formula is C19H26N2O3S. The van der Waals surface area contributed by atoms with Gasteiger partial charge in [-0.25, -0.2) is 13.1 Å². The highest BCUT2D eigenvalue weighted by atomic mass is 32.2. The number of methoxy groups -OCH3 is 1. The third-order valence-corrected chi connectivity index (χ3v) is 5.52. The Bertz CT molecular complexity index is 800. The van der Waals surface area contributed by atoms with E-state index in [1.165, 1.54) is 5.56 Å². The van der Waals surface area contributed by atoms with Crippen LogP contribution in [0.25, 0.3) is 0 Å². The van der Waals surface area contributed by atoms with Gasteiger partial charge in [0.05, 0.1) is 12.0 Å². The molecule has 0 radical (unpaired) electrons. The zero-order chi connectivity index (χ0) is 18.4. The lowest BCUT2D eigenvalue weighted by molar-refractivity contribution is 0.411. The first-order valence-electron chi connectivity index (χ1n) is 8.24. The van der Waals surface area contributed by atoms with Crippen molar-refractivity contribution in [2.75, 3.05) is 32.6 Å². The van der Waals surface area contributed by atoms with Gasteiger partial charge in [0.1, 0.15) is 5.75 Å². The van der Waals surface area contributed by atoms with Gasteiger partial charge in [0.25, 0.3) is 0 Å². The van der Waals surface area contributed by atoms with Crippen molar-refractivity contribution >= 4 is 15.7 Å². The maximum Gasteiger partial charge on any atom is 0.240 e. The van der Waals surface area contributed by atoms with Crippen LogP contribution in [-0.4, -0.2) is 36.2 Å². The van der Waals surface area contributed by atoms with Gasteiger partial charge in [0.2, 0.25) is 10.0 Å². The topological polar surface area (TPSA) is 58.6 Å². The average Bonchev–Trinajstić information content (AvgIpc) is 2.59. The molecule has 5 nitrogen and oxygen atoms in total. The molecule has 0 aromatic heterocycles. The van der Waals surface area contributed by atoms with Crippen LogP contribution in [0.3, 0.4) is 0 Å². The van der Waals surface area contributed by atoms with E-state index >= 15 is 0 Å². The van der Waals surface area contributed by atoms with Crippen molar-refractivity contribution in [1.29, 1.82) is 0 Å². The Hall–Kier alpha value is -2.05. The standard InChI is InChI=1S/C19H26N2O3S/c1-15-14-18(11-12-19(15)24-4)25(22,23)20-13-5-6-16-7-9-17(10-8-16)21(2)3/h7-12,14,20H,5-6,13H2,1-4H3. The molecule has 0 amide bonds. The van der Waals surface area contributed by atoms with Crippen molar-refractivity contribution < 1.29 is 13.2 Å². The van der Waals surface area contributed by atoms with Crippen LogP contribution in [0.2, 0.25) is 0 Å². The fourth-order valence-electron chi connectivity index (χ4n) is 2.56. The molecule has 0 aliphatic rings. The summed E-state index contributed by atoms with van der Waals surface area (Å²) in [6.45, 7) is 2.23. The lowest BCUT2D eigenvalue weighted by Crippen LogP contribution is -2.25. The molecule has 0 saturated heterocycles. The summed E-state index contributed by atoms with van der Waals surface area (Å²) in [6.07, 6.45) is 1.58. The van der Waals surface area contributed by atoms with Gasteiger partial charge in [-0.3, -0.25) is 0 Å². The second-order valence-corrected chi connectivity index (χ2v) is 7.96. The first-order valence-corrected chi connectivity index (χ1v) is 9.72. The van der Waals surface area contributed by atoms with Crippen LogP contribution in [0.15, 0.2) is 47.4 Å². The van der Waals surface area contributed by atoms with E-state index in [9.17, 15) is 8.42 Å². The molecule has 0 bridgehead atoms. The van der Waals surface area contributed by atoms with Crippen LogP contribution in [-0.2, 0) is 16.4 Å². The van der Waals surface area contributed by atoms with Crippen molar-refractivity contribution in [2.45, 2.75) is 24.7 Å². The van der Waals surface area contributed by atoms with E-state index in [0.29, 0.717) is 12.3 Å². The number of sulfonamides is 1. The SMILES string of the molecule is COc1ccc(S(=O)(=O)NCCCc2ccc(N(C)C)cc2)cc1C. The number of ether oxygens (including phenoxy) is 1. The first-order chi connectivity index (χ1) is 11.8. The molecule has 0 fully saturated rings. The molecule has 0 spiro atoms. The highest BCUT2D eigenvalue weighted by Crippen LogP contribution is 2.21. The molecule has 2 aromatic rings. The first kappa shape index (κ1) is 19.3. The van der Waals surface area contributed by atoms with Gasteiger partial charge >= 0.3 is 0 Å². The summed E-state index contributed by atoms with van der Waals surface area (Å²) < 4.78 is 32.5. The minimum absolute atomic E-state index is 0.265. The van der Waals surface area contributed by atoms with Gasteiger partial charge in [-0.05, 0) is 61.2 Å². The fraction of sp³-hybridized carbons (Fsp3) is 0.368. The molecule has 25 heavy (non-hydrogen) atoms. The van der Waals surface area contributed by atoms with Crippen LogP contribution >= 0.6 is 0 Å². The van der Waals surface area contributed by atoms with Gasteiger partial charge in [-0.15, -0.1) is 0 Å². The van der Waals surface area contributed by atoms with Gasteiger partial charge in [0, 0.05) is 26.3 Å². The smallest absolute Gasteiger partial charge is 0.240 e. The molecule has 1 N–H and O–H groups in total. The lowest BCUT2D eigenvalue weighted by Gasteiger charge is -2.13. The number of nitrogens with one attached hydrogen (secondary N) is 1. The number of anilines is 1. The summed E-state index contributed by atoms with van der Waals surface area (Å²) in [5.74, 6) is 0.681. The van der Waals surface area contributed by atoms with Gasteiger partial charge in [0.15, 0.2) is 0 Å². The molecule has 2 rings (SSSR count). The summed E-state index contributed by atoms with van der Waals surface area (Å²) in [4.78, 5) is 2.32. The predicted octanol–water partition coefficient (Wildman–Crippen LogP) is 2.98. The lowest BCUT2D eigenvalue weighted by atomic mass is 10.1. The number of rotatable bonds is 8. The molecule has 6 heteroatoms. The van der Waals surface area contributed by atoms with E-state index in [1.807, 2.05) is 21.0 Å². The van der Waals surface area contributed by atoms with E-state index in [4.69, 9.17) is 4.74 Å². The van der Waals surface area contributed by atoms with Crippen molar-refractivity contribution in [3.63, 3.8) is 0 Å². The molecule has 0 atom stereocenters. The molecule has 0 aliphatic carbocycles. The summed E-state index contributed by atoms with van der Waals surface area (Å²) in [5.41, 5.74) is 3.15. The molecule has 0 unspecified atom stereocenters. The Labute approximate surface area is 150 Å². The van der Waals surface area contributed by atoms with Crippen molar-refractivity contribution in [1.82, 2.24) is 4.72 Å². The highest BCUT2D eigenvalue weighted by Gasteiger charge is 2.14. The summed E-state index contributed by atoms with van der Waals surface area (Å²) in [7, 11) is 2.09. The Morgan fingerprint density at radius 3 is 2.32 bits per heavy atom. The normalized spacial score (nSPS) is 11.4. The number of benzene rings is 2. The van der Waals surface area contributed by atoms with Crippen molar-refractivity contribution in [3.05, 3.63) is 53.6 Å². The Kier molecular flexibility index (Phi) is 6.45. The average molecular weight is 362 g/mol. The van der Waals surface area contributed by atoms with E-state index in [2.05, 4.69) is 33.9 Å². The van der Waals surface area contributed by atoms with Crippen LogP contribution in [0.1, 0.15) is 17.5 Å². The zero-order valence-corrected chi connectivity index (χ0v) is 16.1.